The fourth-order valence-corrected chi connectivity index (χ4v) is 2.64. The Kier molecular flexibility index (Phi) is 4.17. The number of urea groups is 1. The lowest BCUT2D eigenvalue weighted by atomic mass is 9.98. The summed E-state index contributed by atoms with van der Waals surface area (Å²) in [6.45, 7) is 0.977. The number of nitrogens with zero attached hydrogens (tertiary/aromatic N) is 3. The van der Waals surface area contributed by atoms with Gasteiger partial charge in [0.15, 0.2) is 5.54 Å². The monoisotopic (exact) mass is 348 g/mol. The maximum atomic E-state index is 13.8. The van der Waals surface area contributed by atoms with Crippen molar-refractivity contribution in [3.63, 3.8) is 0 Å². The van der Waals surface area contributed by atoms with Gasteiger partial charge >= 0.3 is 6.03 Å². The Morgan fingerprint density at radius 3 is 2.72 bits per heavy atom. The average Bonchev–Trinajstić information content (AvgIpc) is 2.80. The molecular weight excluding hydrogens is 334 g/mol. The highest BCUT2D eigenvalue weighted by Crippen LogP contribution is 2.29. The summed E-state index contributed by atoms with van der Waals surface area (Å²) in [4.78, 5) is 33.5. The third-order valence-corrected chi connectivity index (χ3v) is 4.03. The third kappa shape index (κ3) is 2.93. The number of carbonyl (C=O) groups is 2. The Hall–Kier alpha value is -2.94. The molecule has 0 bridgehead atoms. The summed E-state index contributed by atoms with van der Waals surface area (Å²) in [5.74, 6) is -2.41. The first-order valence-electron chi connectivity index (χ1n) is 7.36. The maximum absolute atomic E-state index is 13.8. The number of rotatable bonds is 4. The quantitative estimate of drug-likeness (QED) is 0.811. The van der Waals surface area contributed by atoms with E-state index in [0.29, 0.717) is 6.07 Å². The second kappa shape index (κ2) is 6.17. The molecule has 0 unspecified atom stereocenters. The Labute approximate surface area is 141 Å². The van der Waals surface area contributed by atoms with Crippen LogP contribution < -0.4 is 5.32 Å². The Bertz CT molecular complexity index is 833. The van der Waals surface area contributed by atoms with Gasteiger partial charge in [-0.2, -0.15) is 0 Å². The van der Waals surface area contributed by atoms with Gasteiger partial charge in [-0.25, -0.2) is 13.6 Å². The molecule has 2 atom stereocenters. The Morgan fingerprint density at radius 1 is 1.32 bits per heavy atom. The molecule has 0 aliphatic carbocycles. The third-order valence-electron chi connectivity index (χ3n) is 4.03. The number of carbonyl (C=O) groups excluding carboxylic acids is 2. The molecule has 2 N–H and O–H groups in total. The van der Waals surface area contributed by atoms with Crippen molar-refractivity contribution in [1.29, 1.82) is 0 Å². The number of benzene rings is 1. The first-order valence-corrected chi connectivity index (χ1v) is 7.36. The molecule has 0 spiro atoms. The van der Waals surface area contributed by atoms with Gasteiger partial charge in [0, 0.05) is 24.0 Å². The van der Waals surface area contributed by atoms with E-state index in [1.165, 1.54) is 25.5 Å². The molecule has 1 aliphatic heterocycles. The highest BCUT2D eigenvalue weighted by atomic mass is 19.1. The van der Waals surface area contributed by atoms with Crippen LogP contribution in [-0.4, -0.2) is 38.5 Å². The number of amides is 3. The van der Waals surface area contributed by atoms with E-state index < -0.39 is 41.8 Å². The lowest BCUT2D eigenvalue weighted by molar-refractivity contribution is -0.132. The second-order valence-electron chi connectivity index (χ2n) is 5.74. The van der Waals surface area contributed by atoms with E-state index in [1.54, 1.807) is 0 Å². The summed E-state index contributed by atoms with van der Waals surface area (Å²) in [5.41, 5.74) is -1.42. The number of aliphatic hydroxyl groups excluding tert-OH is 1. The first kappa shape index (κ1) is 16.9. The number of halogens is 2. The van der Waals surface area contributed by atoms with Gasteiger partial charge in [-0.05, 0) is 13.0 Å². The standard InChI is InChI=1S/C16H14F2N4O3/c1-16(13-7-19-4-5-20-13)14(24)22(15(25)21-16)8-12(23)10-3-2-9(17)6-11(10)18/h2-7,12,23H,8H2,1H3,(H,21,25)/t12-,16+/m0/s1. The molecule has 3 rings (SSSR count). The minimum absolute atomic E-state index is 0.213. The van der Waals surface area contributed by atoms with Gasteiger partial charge in [-0.3, -0.25) is 19.7 Å². The van der Waals surface area contributed by atoms with Crippen LogP contribution in [0.2, 0.25) is 0 Å². The maximum Gasteiger partial charge on any atom is 0.325 e. The molecule has 130 valence electrons. The largest absolute Gasteiger partial charge is 0.386 e. The van der Waals surface area contributed by atoms with E-state index in [0.717, 1.165) is 17.0 Å². The molecule has 1 fully saturated rings. The fraction of sp³-hybridized carbons (Fsp3) is 0.250. The summed E-state index contributed by atoms with van der Waals surface area (Å²) >= 11 is 0. The summed E-state index contributed by atoms with van der Waals surface area (Å²) in [6, 6.07) is 1.92. The minimum atomic E-state index is -1.50. The number of β-amino-alcohol motifs (C(OH)–C–C–N with tert-alkyl or cyclic N) is 1. The molecule has 25 heavy (non-hydrogen) atoms. The number of hydrogen-bond acceptors (Lipinski definition) is 5. The smallest absolute Gasteiger partial charge is 0.325 e. The van der Waals surface area contributed by atoms with Crippen molar-refractivity contribution in [2.45, 2.75) is 18.6 Å². The molecular formula is C16H14F2N4O3. The van der Waals surface area contributed by atoms with E-state index in [-0.39, 0.29) is 11.3 Å². The number of imide groups is 1. The van der Waals surface area contributed by atoms with E-state index in [2.05, 4.69) is 15.3 Å². The van der Waals surface area contributed by atoms with Crippen molar-refractivity contribution < 1.29 is 23.5 Å². The molecule has 2 aromatic rings. The summed E-state index contributed by atoms with van der Waals surface area (Å²) < 4.78 is 26.7. The molecule has 2 heterocycles. The van der Waals surface area contributed by atoms with Crippen molar-refractivity contribution in [3.05, 3.63) is 59.7 Å². The van der Waals surface area contributed by atoms with Crippen LogP contribution in [0.1, 0.15) is 24.3 Å². The normalized spacial score (nSPS) is 21.4. The van der Waals surface area contributed by atoms with E-state index in [1.807, 2.05) is 0 Å². The lowest BCUT2D eigenvalue weighted by Gasteiger charge is -2.22. The minimum Gasteiger partial charge on any atom is -0.386 e. The second-order valence-corrected chi connectivity index (χ2v) is 5.74. The van der Waals surface area contributed by atoms with Crippen molar-refractivity contribution in [2.24, 2.45) is 0 Å². The van der Waals surface area contributed by atoms with Gasteiger partial charge in [0.2, 0.25) is 0 Å². The van der Waals surface area contributed by atoms with Crippen molar-refractivity contribution in [1.82, 2.24) is 20.2 Å². The molecule has 7 nitrogen and oxygen atoms in total. The van der Waals surface area contributed by atoms with Crippen LogP contribution in [-0.2, 0) is 10.3 Å². The average molecular weight is 348 g/mol. The van der Waals surface area contributed by atoms with Gasteiger partial charge in [0.05, 0.1) is 24.5 Å². The molecule has 1 saturated heterocycles. The molecule has 3 amide bonds. The number of hydrogen-bond donors (Lipinski definition) is 2. The molecule has 1 aromatic heterocycles. The van der Waals surface area contributed by atoms with Crippen LogP contribution in [0.5, 0.6) is 0 Å². The van der Waals surface area contributed by atoms with Crippen LogP contribution in [0, 0.1) is 11.6 Å². The number of aromatic nitrogens is 2. The Balaban J connectivity index is 1.84. The van der Waals surface area contributed by atoms with E-state index in [4.69, 9.17) is 0 Å². The zero-order chi connectivity index (χ0) is 18.2. The fourth-order valence-electron chi connectivity index (χ4n) is 2.64. The SMILES string of the molecule is C[C@]1(c2cnccn2)NC(=O)N(C[C@H](O)c2ccc(F)cc2F)C1=O. The van der Waals surface area contributed by atoms with Crippen LogP contribution >= 0.6 is 0 Å². The molecule has 1 aliphatic rings. The van der Waals surface area contributed by atoms with Crippen LogP contribution in [0.15, 0.2) is 36.8 Å². The van der Waals surface area contributed by atoms with E-state index >= 15 is 0 Å². The van der Waals surface area contributed by atoms with Gasteiger partial charge in [-0.1, -0.05) is 6.07 Å². The Morgan fingerprint density at radius 2 is 2.08 bits per heavy atom. The first-order chi connectivity index (χ1) is 11.8. The topological polar surface area (TPSA) is 95.4 Å². The number of nitrogens with one attached hydrogen (secondary N) is 1. The zero-order valence-electron chi connectivity index (χ0n) is 13.1. The summed E-state index contributed by atoms with van der Waals surface area (Å²) in [5, 5.41) is 12.7. The molecule has 1 aromatic carbocycles. The predicted molar refractivity (Wildman–Crippen MR) is 80.9 cm³/mol. The van der Waals surface area contributed by atoms with Crippen molar-refractivity contribution in [3.8, 4) is 0 Å². The van der Waals surface area contributed by atoms with Gasteiger partial charge in [0.25, 0.3) is 5.91 Å². The van der Waals surface area contributed by atoms with Crippen LogP contribution in [0.4, 0.5) is 13.6 Å². The molecule has 9 heteroatoms. The summed E-state index contributed by atoms with van der Waals surface area (Å²) in [7, 11) is 0. The van der Waals surface area contributed by atoms with Gasteiger partial charge in [0.1, 0.15) is 11.6 Å². The predicted octanol–water partition coefficient (Wildman–Crippen LogP) is 1.26. The van der Waals surface area contributed by atoms with E-state index in [9.17, 15) is 23.5 Å². The lowest BCUT2D eigenvalue weighted by Crippen LogP contribution is -2.42. The molecule has 0 radical (unpaired) electrons. The van der Waals surface area contributed by atoms with Crippen molar-refractivity contribution in [2.75, 3.05) is 6.54 Å². The highest BCUT2D eigenvalue weighted by Gasteiger charge is 2.50. The summed E-state index contributed by atoms with van der Waals surface area (Å²) in [6.07, 6.45) is 2.65. The van der Waals surface area contributed by atoms with Gasteiger partial charge < -0.3 is 10.4 Å². The van der Waals surface area contributed by atoms with Gasteiger partial charge in [-0.15, -0.1) is 0 Å². The van der Waals surface area contributed by atoms with Crippen molar-refractivity contribution >= 4 is 11.9 Å². The highest BCUT2D eigenvalue weighted by molar-refractivity contribution is 6.07. The van der Waals surface area contributed by atoms with Crippen LogP contribution in [0.3, 0.4) is 0 Å². The zero-order valence-corrected chi connectivity index (χ0v) is 13.1. The van der Waals surface area contributed by atoms with Crippen LogP contribution in [0.25, 0.3) is 0 Å². The number of aliphatic hydroxyl groups is 1. The molecule has 0 saturated carbocycles.